The summed E-state index contributed by atoms with van der Waals surface area (Å²) in [7, 11) is 0. The zero-order valence-corrected chi connectivity index (χ0v) is 12.4. The SMILES string of the molecule is CC(=O)O[C@@H](C(=O)NCCc1ccccc1)c1cccnc1. The zero-order valence-electron chi connectivity index (χ0n) is 12.4. The number of hydrogen-bond donors (Lipinski definition) is 1. The van der Waals surface area contributed by atoms with Crippen molar-refractivity contribution in [3.8, 4) is 0 Å². The molecule has 0 saturated heterocycles. The van der Waals surface area contributed by atoms with E-state index in [2.05, 4.69) is 10.3 Å². The van der Waals surface area contributed by atoms with Crippen molar-refractivity contribution in [1.82, 2.24) is 10.3 Å². The van der Waals surface area contributed by atoms with Crippen molar-refractivity contribution in [3.05, 3.63) is 66.0 Å². The molecule has 0 aliphatic rings. The molecule has 0 radical (unpaired) electrons. The fourth-order valence-corrected chi connectivity index (χ4v) is 2.04. The van der Waals surface area contributed by atoms with Gasteiger partial charge in [0.05, 0.1) is 0 Å². The topological polar surface area (TPSA) is 68.3 Å². The molecule has 1 aromatic carbocycles. The molecule has 0 unspecified atom stereocenters. The lowest BCUT2D eigenvalue weighted by Gasteiger charge is -2.16. The van der Waals surface area contributed by atoms with Gasteiger partial charge in [-0.25, -0.2) is 0 Å². The summed E-state index contributed by atoms with van der Waals surface area (Å²) in [5, 5.41) is 2.79. The molecule has 1 heterocycles. The molecule has 1 N–H and O–H groups in total. The Morgan fingerprint density at radius 1 is 1.18 bits per heavy atom. The van der Waals surface area contributed by atoms with Crippen molar-refractivity contribution in [2.45, 2.75) is 19.4 Å². The number of nitrogens with zero attached hydrogens (tertiary/aromatic N) is 1. The second-order valence-corrected chi connectivity index (χ2v) is 4.80. The van der Waals surface area contributed by atoms with Crippen LogP contribution in [0.3, 0.4) is 0 Å². The number of nitrogens with one attached hydrogen (secondary N) is 1. The molecule has 114 valence electrons. The minimum atomic E-state index is -0.970. The summed E-state index contributed by atoms with van der Waals surface area (Å²) in [4.78, 5) is 27.4. The predicted molar refractivity (Wildman–Crippen MR) is 81.9 cm³/mol. The van der Waals surface area contributed by atoms with Gasteiger partial charge in [0.25, 0.3) is 5.91 Å². The highest BCUT2D eigenvalue weighted by atomic mass is 16.5. The van der Waals surface area contributed by atoms with Crippen LogP contribution in [0.1, 0.15) is 24.2 Å². The van der Waals surface area contributed by atoms with Gasteiger partial charge in [-0.1, -0.05) is 36.4 Å². The zero-order chi connectivity index (χ0) is 15.8. The first-order chi connectivity index (χ1) is 10.7. The van der Waals surface area contributed by atoms with Crippen molar-refractivity contribution in [1.29, 1.82) is 0 Å². The molecule has 1 amide bonds. The molecule has 0 spiro atoms. The van der Waals surface area contributed by atoms with E-state index in [1.807, 2.05) is 30.3 Å². The summed E-state index contributed by atoms with van der Waals surface area (Å²) >= 11 is 0. The van der Waals surface area contributed by atoms with Crippen LogP contribution in [-0.2, 0) is 20.7 Å². The Morgan fingerprint density at radius 3 is 2.59 bits per heavy atom. The highest BCUT2D eigenvalue weighted by molar-refractivity contribution is 5.84. The maximum Gasteiger partial charge on any atom is 0.303 e. The number of hydrogen-bond acceptors (Lipinski definition) is 4. The Kier molecular flexibility index (Phi) is 5.65. The van der Waals surface area contributed by atoms with E-state index >= 15 is 0 Å². The number of carbonyl (C=O) groups excluding carboxylic acids is 2. The summed E-state index contributed by atoms with van der Waals surface area (Å²) in [6, 6.07) is 13.2. The highest BCUT2D eigenvalue weighted by Crippen LogP contribution is 2.16. The Balaban J connectivity index is 1.96. The smallest absolute Gasteiger partial charge is 0.303 e. The third-order valence-electron chi connectivity index (χ3n) is 3.06. The van der Waals surface area contributed by atoms with Crippen LogP contribution in [0, 0.1) is 0 Å². The molecule has 1 aromatic heterocycles. The van der Waals surface area contributed by atoms with Crippen LogP contribution in [0.4, 0.5) is 0 Å². The maximum atomic E-state index is 12.3. The van der Waals surface area contributed by atoms with Crippen molar-refractivity contribution in [2.24, 2.45) is 0 Å². The lowest BCUT2D eigenvalue weighted by molar-refractivity contribution is -0.154. The van der Waals surface area contributed by atoms with Gasteiger partial charge in [-0.3, -0.25) is 14.6 Å². The predicted octanol–water partition coefficient (Wildman–Crippen LogP) is 2.04. The highest BCUT2D eigenvalue weighted by Gasteiger charge is 2.23. The number of rotatable bonds is 6. The molecule has 2 rings (SSSR count). The quantitative estimate of drug-likeness (QED) is 0.829. The van der Waals surface area contributed by atoms with Crippen molar-refractivity contribution < 1.29 is 14.3 Å². The minimum absolute atomic E-state index is 0.348. The van der Waals surface area contributed by atoms with Gasteiger partial charge in [0.2, 0.25) is 6.10 Å². The average Bonchev–Trinajstić information content (AvgIpc) is 2.54. The number of carbonyl (C=O) groups is 2. The van der Waals surface area contributed by atoms with Crippen LogP contribution in [0.2, 0.25) is 0 Å². The van der Waals surface area contributed by atoms with Gasteiger partial charge in [-0.05, 0) is 18.1 Å². The first-order valence-electron chi connectivity index (χ1n) is 7.05. The molecule has 0 bridgehead atoms. The molecule has 5 nitrogen and oxygen atoms in total. The molecule has 5 heteroatoms. The van der Waals surface area contributed by atoms with E-state index in [-0.39, 0.29) is 5.91 Å². The fraction of sp³-hybridized carbons (Fsp3) is 0.235. The molecular formula is C17H18N2O3. The third-order valence-corrected chi connectivity index (χ3v) is 3.06. The first-order valence-corrected chi connectivity index (χ1v) is 7.05. The molecule has 0 saturated carbocycles. The van der Waals surface area contributed by atoms with Crippen LogP contribution >= 0.6 is 0 Å². The van der Waals surface area contributed by atoms with E-state index in [1.54, 1.807) is 18.3 Å². The summed E-state index contributed by atoms with van der Waals surface area (Å²) in [5.74, 6) is -0.855. The molecule has 0 fully saturated rings. The maximum absolute atomic E-state index is 12.3. The molecular weight excluding hydrogens is 280 g/mol. The van der Waals surface area contributed by atoms with E-state index in [0.717, 1.165) is 5.56 Å². The van der Waals surface area contributed by atoms with E-state index in [9.17, 15) is 9.59 Å². The van der Waals surface area contributed by atoms with Crippen molar-refractivity contribution >= 4 is 11.9 Å². The number of amides is 1. The molecule has 1 atom stereocenters. The van der Waals surface area contributed by atoms with Crippen LogP contribution in [0.5, 0.6) is 0 Å². The second-order valence-electron chi connectivity index (χ2n) is 4.80. The fourth-order valence-electron chi connectivity index (χ4n) is 2.04. The molecule has 0 aliphatic heterocycles. The summed E-state index contributed by atoms with van der Waals surface area (Å²) in [6.45, 7) is 1.75. The number of pyridine rings is 1. The average molecular weight is 298 g/mol. The first kappa shape index (κ1) is 15.7. The largest absolute Gasteiger partial charge is 0.447 e. The number of ether oxygens (including phenoxy) is 1. The van der Waals surface area contributed by atoms with Gasteiger partial charge < -0.3 is 10.1 Å². The Hall–Kier alpha value is -2.69. The number of benzene rings is 1. The Morgan fingerprint density at radius 2 is 1.95 bits per heavy atom. The second kappa shape index (κ2) is 7.93. The van der Waals surface area contributed by atoms with E-state index < -0.39 is 12.1 Å². The summed E-state index contributed by atoms with van der Waals surface area (Å²) in [6.07, 6.45) is 2.86. The van der Waals surface area contributed by atoms with Crippen LogP contribution in [-0.4, -0.2) is 23.4 Å². The standard InChI is InChI=1S/C17H18N2O3/c1-13(20)22-16(15-8-5-10-18-12-15)17(21)19-11-9-14-6-3-2-4-7-14/h2-8,10,12,16H,9,11H2,1H3,(H,19,21)/t16-/m1/s1. The lowest BCUT2D eigenvalue weighted by Crippen LogP contribution is -2.33. The third kappa shape index (κ3) is 4.70. The minimum Gasteiger partial charge on any atom is -0.447 e. The lowest BCUT2D eigenvalue weighted by atomic mass is 10.1. The van der Waals surface area contributed by atoms with Crippen molar-refractivity contribution in [2.75, 3.05) is 6.54 Å². The van der Waals surface area contributed by atoms with Crippen molar-refractivity contribution in [3.63, 3.8) is 0 Å². The van der Waals surface area contributed by atoms with Crippen LogP contribution in [0.25, 0.3) is 0 Å². The van der Waals surface area contributed by atoms with Crippen LogP contribution < -0.4 is 5.32 Å². The van der Waals surface area contributed by atoms with Gasteiger partial charge in [0.15, 0.2) is 0 Å². The van der Waals surface area contributed by atoms with Gasteiger partial charge in [0, 0.05) is 31.4 Å². The summed E-state index contributed by atoms with van der Waals surface area (Å²) in [5.41, 5.74) is 1.68. The normalized spacial score (nSPS) is 11.5. The van der Waals surface area contributed by atoms with E-state index in [4.69, 9.17) is 4.74 Å². The monoisotopic (exact) mass is 298 g/mol. The number of esters is 1. The van der Waals surface area contributed by atoms with E-state index in [1.165, 1.54) is 13.1 Å². The molecule has 2 aromatic rings. The van der Waals surface area contributed by atoms with E-state index in [0.29, 0.717) is 18.5 Å². The van der Waals surface area contributed by atoms with Gasteiger partial charge in [-0.2, -0.15) is 0 Å². The Bertz CT molecular complexity index is 614. The molecule has 22 heavy (non-hydrogen) atoms. The van der Waals surface area contributed by atoms with Gasteiger partial charge in [-0.15, -0.1) is 0 Å². The summed E-state index contributed by atoms with van der Waals surface area (Å²) < 4.78 is 5.11. The van der Waals surface area contributed by atoms with Gasteiger partial charge in [0.1, 0.15) is 0 Å². The number of aromatic nitrogens is 1. The Labute approximate surface area is 129 Å². The van der Waals surface area contributed by atoms with Gasteiger partial charge >= 0.3 is 5.97 Å². The molecule has 0 aliphatic carbocycles. The van der Waals surface area contributed by atoms with Crippen LogP contribution in [0.15, 0.2) is 54.9 Å².